The van der Waals surface area contributed by atoms with Crippen LogP contribution in [0.2, 0.25) is 0 Å². The van der Waals surface area contributed by atoms with Gasteiger partial charge < -0.3 is 20.5 Å². The highest BCUT2D eigenvalue weighted by Crippen LogP contribution is 2.22. The van der Waals surface area contributed by atoms with E-state index in [0.29, 0.717) is 19.8 Å². The fourth-order valence-electron chi connectivity index (χ4n) is 3.51. The Morgan fingerprint density at radius 3 is 2.52 bits per heavy atom. The fourth-order valence-corrected chi connectivity index (χ4v) is 3.51. The summed E-state index contributed by atoms with van der Waals surface area (Å²) < 4.78 is 19.1. The van der Waals surface area contributed by atoms with Gasteiger partial charge in [-0.3, -0.25) is 4.90 Å². The lowest BCUT2D eigenvalue weighted by atomic mass is 9.97. The average molecular weight is 381 g/mol. The molecule has 2 unspecified atom stereocenters. The van der Waals surface area contributed by atoms with Gasteiger partial charge in [0.25, 0.3) is 0 Å². The highest BCUT2D eigenvalue weighted by molar-refractivity contribution is 5.73. The number of carbonyl (C=O) groups is 1. The maximum atomic E-state index is 13.7. The van der Waals surface area contributed by atoms with Crippen molar-refractivity contribution >= 4 is 6.03 Å². The lowest BCUT2D eigenvalue weighted by Gasteiger charge is -2.35. The number of ether oxygens (including phenoxy) is 1. The Morgan fingerprint density at radius 2 is 1.89 bits per heavy atom. The van der Waals surface area contributed by atoms with Gasteiger partial charge in [0.15, 0.2) is 0 Å². The zero-order valence-corrected chi connectivity index (χ0v) is 16.3. The second kappa shape index (κ2) is 11.2. The van der Waals surface area contributed by atoms with Gasteiger partial charge in [-0.15, -0.1) is 0 Å². The highest BCUT2D eigenvalue weighted by Gasteiger charge is 2.24. The summed E-state index contributed by atoms with van der Waals surface area (Å²) >= 11 is 0. The quantitative estimate of drug-likeness (QED) is 0.614. The Hall–Kier alpha value is -1.70. The second-order valence-electron chi connectivity index (χ2n) is 6.95. The number of benzene rings is 1. The zero-order chi connectivity index (χ0) is 19.6. The molecule has 0 spiro atoms. The van der Waals surface area contributed by atoms with Crippen molar-refractivity contribution in [3.05, 3.63) is 35.6 Å². The Morgan fingerprint density at radius 1 is 1.22 bits per heavy atom. The molecule has 2 rings (SSSR count). The molecule has 152 valence electrons. The molecule has 0 radical (unpaired) electrons. The normalized spacial score (nSPS) is 17.5. The first-order chi connectivity index (χ1) is 13.0. The molecule has 1 aromatic carbocycles. The number of nitrogens with zero attached hydrogens (tertiary/aromatic N) is 1. The number of aliphatic hydroxyl groups excluding tert-OH is 1. The molecule has 7 heteroatoms. The van der Waals surface area contributed by atoms with Crippen molar-refractivity contribution in [3.8, 4) is 0 Å². The maximum Gasteiger partial charge on any atom is 0.314 e. The van der Waals surface area contributed by atoms with E-state index in [1.807, 2.05) is 19.9 Å². The van der Waals surface area contributed by atoms with Gasteiger partial charge in [-0.2, -0.15) is 0 Å². The first kappa shape index (κ1) is 21.6. The smallest absolute Gasteiger partial charge is 0.314 e. The molecule has 2 atom stereocenters. The van der Waals surface area contributed by atoms with Crippen LogP contribution >= 0.6 is 0 Å². The van der Waals surface area contributed by atoms with Gasteiger partial charge in [0, 0.05) is 26.2 Å². The van der Waals surface area contributed by atoms with Crippen molar-refractivity contribution in [1.82, 2.24) is 15.5 Å². The number of halogens is 1. The number of urea groups is 1. The number of carbonyl (C=O) groups excluding carboxylic acids is 1. The lowest BCUT2D eigenvalue weighted by molar-refractivity contribution is 0.0166. The van der Waals surface area contributed by atoms with Gasteiger partial charge in [0.05, 0.1) is 25.4 Å². The average Bonchev–Trinajstić information content (AvgIpc) is 2.68. The maximum absolute atomic E-state index is 13.7. The molecular formula is C20H32FN3O3. The van der Waals surface area contributed by atoms with Crippen molar-refractivity contribution in [2.45, 2.75) is 38.8 Å². The number of amides is 2. The molecule has 2 amide bonds. The van der Waals surface area contributed by atoms with Crippen LogP contribution in [0, 0.1) is 11.7 Å². The van der Waals surface area contributed by atoms with E-state index in [1.165, 1.54) is 12.1 Å². The van der Waals surface area contributed by atoms with E-state index in [-0.39, 0.29) is 30.4 Å². The van der Waals surface area contributed by atoms with Crippen molar-refractivity contribution < 1.29 is 19.0 Å². The number of rotatable bonds is 9. The van der Waals surface area contributed by atoms with Crippen molar-refractivity contribution in [2.75, 3.05) is 39.4 Å². The minimum atomic E-state index is -0.552. The predicted molar refractivity (Wildman–Crippen MR) is 103 cm³/mol. The van der Waals surface area contributed by atoms with E-state index >= 15 is 0 Å². The van der Waals surface area contributed by atoms with Crippen LogP contribution in [0.3, 0.4) is 0 Å². The molecule has 3 N–H and O–H groups in total. The van der Waals surface area contributed by atoms with Crippen LogP contribution in [-0.2, 0) is 4.74 Å². The zero-order valence-electron chi connectivity index (χ0n) is 16.3. The fraction of sp³-hybridized carbons (Fsp3) is 0.650. The Labute approximate surface area is 161 Å². The third kappa shape index (κ3) is 6.75. The molecule has 1 heterocycles. The molecule has 0 saturated carbocycles. The number of hydrogen-bond acceptors (Lipinski definition) is 4. The summed E-state index contributed by atoms with van der Waals surface area (Å²) in [5.74, 6) is -0.109. The SMILES string of the molecule is CCC(CC)C(O)CNC(=O)NCC(c1cccc(F)c1)N1CCOCC1. The van der Waals surface area contributed by atoms with Crippen LogP contribution in [0.15, 0.2) is 24.3 Å². The van der Waals surface area contributed by atoms with Crippen LogP contribution in [0.25, 0.3) is 0 Å². The van der Waals surface area contributed by atoms with Gasteiger partial charge >= 0.3 is 6.03 Å². The molecule has 1 saturated heterocycles. The minimum Gasteiger partial charge on any atom is -0.391 e. The highest BCUT2D eigenvalue weighted by atomic mass is 19.1. The first-order valence-electron chi connectivity index (χ1n) is 9.82. The number of aliphatic hydroxyl groups is 1. The molecule has 0 aromatic heterocycles. The van der Waals surface area contributed by atoms with Gasteiger partial charge in [0.1, 0.15) is 5.82 Å². The van der Waals surface area contributed by atoms with Crippen LogP contribution < -0.4 is 10.6 Å². The Kier molecular flexibility index (Phi) is 8.97. The van der Waals surface area contributed by atoms with Crippen molar-refractivity contribution in [2.24, 2.45) is 5.92 Å². The summed E-state index contributed by atoms with van der Waals surface area (Å²) in [6.07, 6.45) is 1.20. The largest absolute Gasteiger partial charge is 0.391 e. The van der Waals surface area contributed by atoms with Crippen molar-refractivity contribution in [3.63, 3.8) is 0 Å². The second-order valence-corrected chi connectivity index (χ2v) is 6.95. The standard InChI is InChI=1S/C20H32FN3O3/c1-3-15(4-2)19(25)14-23-20(26)22-13-18(24-8-10-27-11-9-24)16-6-5-7-17(21)12-16/h5-7,12,15,18-19,25H,3-4,8-11,13-14H2,1-2H3,(H2,22,23,26). The molecule has 1 aliphatic rings. The van der Waals surface area contributed by atoms with Gasteiger partial charge in [-0.05, 0) is 23.6 Å². The predicted octanol–water partition coefficient (Wildman–Crippen LogP) is 2.30. The molecule has 1 aromatic rings. The van der Waals surface area contributed by atoms with Crippen LogP contribution in [0.1, 0.15) is 38.3 Å². The summed E-state index contributed by atoms with van der Waals surface area (Å²) in [7, 11) is 0. The number of morpholine rings is 1. The minimum absolute atomic E-state index is 0.126. The first-order valence-corrected chi connectivity index (χ1v) is 9.82. The van der Waals surface area contributed by atoms with Crippen LogP contribution in [0.4, 0.5) is 9.18 Å². The van der Waals surface area contributed by atoms with Gasteiger partial charge in [-0.25, -0.2) is 9.18 Å². The molecule has 6 nitrogen and oxygen atoms in total. The summed E-state index contributed by atoms with van der Waals surface area (Å²) in [5, 5.41) is 15.7. The third-order valence-corrected chi connectivity index (χ3v) is 5.24. The molecule has 0 aliphatic carbocycles. The van der Waals surface area contributed by atoms with E-state index in [4.69, 9.17) is 4.74 Å². The summed E-state index contributed by atoms with van der Waals surface area (Å²) in [5.41, 5.74) is 0.828. The van der Waals surface area contributed by atoms with Crippen LogP contribution in [0.5, 0.6) is 0 Å². The summed E-state index contributed by atoms with van der Waals surface area (Å²) in [6, 6.07) is 6.04. The van der Waals surface area contributed by atoms with Gasteiger partial charge in [0.2, 0.25) is 0 Å². The number of hydrogen-bond donors (Lipinski definition) is 3. The Bertz CT molecular complexity index is 577. The lowest BCUT2D eigenvalue weighted by Crippen LogP contribution is -2.47. The molecule has 1 aliphatic heterocycles. The third-order valence-electron chi connectivity index (χ3n) is 5.24. The molecule has 1 fully saturated rings. The van der Waals surface area contributed by atoms with E-state index < -0.39 is 6.10 Å². The summed E-state index contributed by atoms with van der Waals surface area (Å²) in [6.45, 7) is 7.36. The van der Waals surface area contributed by atoms with Gasteiger partial charge in [-0.1, -0.05) is 38.8 Å². The molecular weight excluding hydrogens is 349 g/mol. The molecule has 27 heavy (non-hydrogen) atoms. The Balaban J connectivity index is 1.92. The molecule has 0 bridgehead atoms. The topological polar surface area (TPSA) is 73.8 Å². The summed E-state index contributed by atoms with van der Waals surface area (Å²) in [4.78, 5) is 14.4. The van der Waals surface area contributed by atoms with E-state index in [9.17, 15) is 14.3 Å². The van der Waals surface area contributed by atoms with Crippen molar-refractivity contribution in [1.29, 1.82) is 0 Å². The monoisotopic (exact) mass is 381 g/mol. The van der Waals surface area contributed by atoms with E-state index in [2.05, 4.69) is 15.5 Å². The number of nitrogens with one attached hydrogen (secondary N) is 2. The van der Waals surface area contributed by atoms with E-state index in [0.717, 1.165) is 31.5 Å². The van der Waals surface area contributed by atoms with E-state index in [1.54, 1.807) is 6.07 Å². The van der Waals surface area contributed by atoms with Crippen LogP contribution in [-0.4, -0.2) is 61.5 Å².